The molecule has 0 spiro atoms. The minimum atomic E-state index is 0.0168. The van der Waals surface area contributed by atoms with Crippen molar-refractivity contribution in [1.82, 2.24) is 4.90 Å². The number of rotatable bonds is 3. The van der Waals surface area contributed by atoms with Crippen molar-refractivity contribution < 1.29 is 4.79 Å². The molecule has 0 saturated carbocycles. The van der Waals surface area contributed by atoms with Crippen LogP contribution in [0.2, 0.25) is 0 Å². The van der Waals surface area contributed by atoms with E-state index in [9.17, 15) is 4.79 Å². The molecule has 0 aromatic rings. The zero-order valence-corrected chi connectivity index (χ0v) is 11.2. The van der Waals surface area contributed by atoms with Crippen LogP contribution in [0.4, 0.5) is 0 Å². The second kappa shape index (κ2) is 6.01. The van der Waals surface area contributed by atoms with Crippen molar-refractivity contribution >= 4 is 33.6 Å². The largest absolute Gasteiger partial charge is 0.340 e. The van der Waals surface area contributed by atoms with Crippen LogP contribution in [0.25, 0.3) is 0 Å². The fraction of sp³-hybridized carbons (Fsp3) is 0.900. The quantitative estimate of drug-likeness (QED) is 0.740. The van der Waals surface area contributed by atoms with Crippen molar-refractivity contribution in [2.24, 2.45) is 0 Å². The molecule has 1 amide bonds. The van der Waals surface area contributed by atoms with Crippen molar-refractivity contribution in [3.8, 4) is 0 Å². The van der Waals surface area contributed by atoms with Crippen molar-refractivity contribution in [3.05, 3.63) is 0 Å². The lowest BCUT2D eigenvalue weighted by Crippen LogP contribution is -2.44. The van der Waals surface area contributed by atoms with Gasteiger partial charge in [0.25, 0.3) is 0 Å². The molecule has 1 fully saturated rings. The molecule has 0 N–H and O–H groups in total. The van der Waals surface area contributed by atoms with E-state index in [0.717, 1.165) is 31.7 Å². The Balaban J connectivity index is 2.47. The Hall–Kier alpha value is 0.300. The highest BCUT2D eigenvalue weighted by Gasteiger charge is 2.26. The number of thioether (sulfide) groups is 1. The van der Waals surface area contributed by atoms with Crippen LogP contribution < -0.4 is 0 Å². The van der Waals surface area contributed by atoms with Gasteiger partial charge in [0.2, 0.25) is 5.91 Å². The van der Waals surface area contributed by atoms with Crippen molar-refractivity contribution in [2.75, 3.05) is 18.8 Å². The summed E-state index contributed by atoms with van der Waals surface area (Å²) in [6, 6.07) is 0. The fourth-order valence-corrected chi connectivity index (χ4v) is 3.01. The van der Waals surface area contributed by atoms with E-state index >= 15 is 0 Å². The molecule has 4 heteroatoms. The first-order valence-electron chi connectivity index (χ1n) is 5.23. The first-order valence-corrected chi connectivity index (χ1v) is 7.19. The van der Waals surface area contributed by atoms with Crippen LogP contribution in [0.5, 0.6) is 0 Å². The van der Waals surface area contributed by atoms with Crippen LogP contribution in [-0.2, 0) is 4.79 Å². The molecular weight excluding hydrogens is 262 g/mol. The Labute approximate surface area is 98.9 Å². The first-order chi connectivity index (χ1) is 6.69. The number of alkyl halides is 1. The molecule has 1 aliphatic heterocycles. The van der Waals surface area contributed by atoms with Gasteiger partial charge in [-0.1, -0.05) is 29.8 Å². The lowest BCUT2D eigenvalue weighted by molar-refractivity contribution is -0.130. The van der Waals surface area contributed by atoms with Crippen molar-refractivity contribution in [3.63, 3.8) is 0 Å². The zero-order chi connectivity index (χ0) is 10.6. The van der Waals surface area contributed by atoms with Crippen LogP contribution in [0, 0.1) is 0 Å². The number of hydrogen-bond donors (Lipinski definition) is 0. The molecule has 1 rings (SSSR count). The Morgan fingerprint density at radius 3 is 2.93 bits per heavy atom. The first kappa shape index (κ1) is 12.4. The van der Waals surface area contributed by atoms with Crippen molar-refractivity contribution in [2.45, 2.75) is 36.8 Å². The summed E-state index contributed by atoms with van der Waals surface area (Å²) < 4.78 is 0. The van der Waals surface area contributed by atoms with Gasteiger partial charge in [0.05, 0.1) is 4.83 Å². The maximum absolute atomic E-state index is 11.9. The van der Waals surface area contributed by atoms with Crippen LogP contribution in [0.15, 0.2) is 0 Å². The number of amides is 1. The molecule has 0 radical (unpaired) electrons. The van der Waals surface area contributed by atoms with Gasteiger partial charge in [0, 0.05) is 24.1 Å². The van der Waals surface area contributed by atoms with E-state index in [0.29, 0.717) is 5.25 Å². The Morgan fingerprint density at radius 1 is 1.64 bits per heavy atom. The van der Waals surface area contributed by atoms with Crippen LogP contribution in [0.1, 0.15) is 26.7 Å². The number of hydrogen-bond acceptors (Lipinski definition) is 2. The van der Waals surface area contributed by atoms with Gasteiger partial charge in [-0.15, -0.1) is 0 Å². The van der Waals surface area contributed by atoms with E-state index in [1.807, 2.05) is 23.6 Å². The van der Waals surface area contributed by atoms with Gasteiger partial charge < -0.3 is 4.90 Å². The summed E-state index contributed by atoms with van der Waals surface area (Å²) in [6.45, 7) is 6.08. The minimum absolute atomic E-state index is 0.0168. The van der Waals surface area contributed by atoms with Crippen LogP contribution >= 0.6 is 27.7 Å². The highest BCUT2D eigenvalue weighted by Crippen LogP contribution is 2.22. The lowest BCUT2D eigenvalue weighted by Gasteiger charge is -2.33. The molecule has 2 nitrogen and oxygen atoms in total. The van der Waals surface area contributed by atoms with Crippen LogP contribution in [-0.4, -0.2) is 39.7 Å². The molecule has 1 saturated heterocycles. The standard InChI is InChI=1S/C10H18BrNOS/c1-3-8-7-12(5-6-14-8)10(13)9(11)4-2/h8-9H,3-7H2,1-2H3. The van der Waals surface area contributed by atoms with Gasteiger partial charge in [-0.25, -0.2) is 0 Å². The maximum Gasteiger partial charge on any atom is 0.236 e. The molecule has 0 bridgehead atoms. The molecule has 0 aliphatic carbocycles. The molecule has 0 aromatic carbocycles. The predicted octanol–water partition coefficient (Wildman–Crippen LogP) is 2.51. The van der Waals surface area contributed by atoms with Crippen molar-refractivity contribution in [1.29, 1.82) is 0 Å². The van der Waals surface area contributed by atoms with Gasteiger partial charge in [-0.3, -0.25) is 4.79 Å². The monoisotopic (exact) mass is 279 g/mol. The van der Waals surface area contributed by atoms with Gasteiger partial charge in [0.1, 0.15) is 0 Å². The molecule has 1 heterocycles. The zero-order valence-electron chi connectivity index (χ0n) is 8.83. The molecule has 0 aromatic heterocycles. The van der Waals surface area contributed by atoms with E-state index in [-0.39, 0.29) is 10.7 Å². The summed E-state index contributed by atoms with van der Waals surface area (Å²) in [5, 5.41) is 0.643. The van der Waals surface area contributed by atoms with E-state index in [1.54, 1.807) is 0 Å². The topological polar surface area (TPSA) is 20.3 Å². The third-order valence-corrected chi connectivity index (χ3v) is 4.94. The lowest BCUT2D eigenvalue weighted by atomic mass is 10.2. The smallest absolute Gasteiger partial charge is 0.236 e. The summed E-state index contributed by atoms with van der Waals surface area (Å²) in [7, 11) is 0. The van der Waals surface area contributed by atoms with Gasteiger partial charge in [0.15, 0.2) is 0 Å². The van der Waals surface area contributed by atoms with E-state index < -0.39 is 0 Å². The van der Waals surface area contributed by atoms with E-state index in [1.165, 1.54) is 0 Å². The van der Waals surface area contributed by atoms with Gasteiger partial charge in [-0.2, -0.15) is 11.8 Å². The number of nitrogens with zero attached hydrogens (tertiary/aromatic N) is 1. The number of halogens is 1. The average molecular weight is 280 g/mol. The third kappa shape index (κ3) is 3.16. The molecule has 82 valence electrons. The second-order valence-electron chi connectivity index (χ2n) is 3.56. The van der Waals surface area contributed by atoms with E-state index in [4.69, 9.17) is 0 Å². The minimum Gasteiger partial charge on any atom is -0.340 e. The Bertz CT molecular complexity index is 201. The molecule has 2 unspecified atom stereocenters. The normalized spacial score (nSPS) is 24.8. The maximum atomic E-state index is 11.9. The number of carbonyl (C=O) groups is 1. The van der Waals surface area contributed by atoms with E-state index in [2.05, 4.69) is 22.9 Å². The summed E-state index contributed by atoms with van der Waals surface area (Å²) in [6.07, 6.45) is 2.03. The van der Waals surface area contributed by atoms with Gasteiger partial charge >= 0.3 is 0 Å². The predicted molar refractivity (Wildman–Crippen MR) is 66.1 cm³/mol. The summed E-state index contributed by atoms with van der Waals surface area (Å²) in [5.41, 5.74) is 0. The average Bonchev–Trinajstić information content (AvgIpc) is 2.27. The highest BCUT2D eigenvalue weighted by atomic mass is 79.9. The molecule has 14 heavy (non-hydrogen) atoms. The Morgan fingerprint density at radius 2 is 2.36 bits per heavy atom. The van der Waals surface area contributed by atoms with Crippen LogP contribution in [0.3, 0.4) is 0 Å². The van der Waals surface area contributed by atoms with Gasteiger partial charge in [-0.05, 0) is 12.8 Å². The summed E-state index contributed by atoms with van der Waals surface area (Å²) >= 11 is 5.42. The number of carbonyl (C=O) groups excluding carboxylic acids is 1. The summed E-state index contributed by atoms with van der Waals surface area (Å²) in [5.74, 6) is 1.36. The molecule has 1 aliphatic rings. The fourth-order valence-electron chi connectivity index (χ4n) is 1.54. The molecular formula is C10H18BrNOS. The highest BCUT2D eigenvalue weighted by molar-refractivity contribution is 9.10. The second-order valence-corrected chi connectivity index (χ2v) is 6.07. The third-order valence-electron chi connectivity index (χ3n) is 2.53. The summed E-state index contributed by atoms with van der Waals surface area (Å²) in [4.78, 5) is 13.9. The Kier molecular flexibility index (Phi) is 5.31. The SMILES string of the molecule is CCC1CN(C(=O)C(Br)CC)CCS1. The molecule has 2 atom stereocenters.